The van der Waals surface area contributed by atoms with Crippen LogP contribution in [0.4, 0.5) is 5.69 Å². The first-order chi connectivity index (χ1) is 10.2. The molecule has 0 saturated heterocycles. The molecule has 2 aromatic rings. The van der Waals surface area contributed by atoms with E-state index in [9.17, 15) is 0 Å². The van der Waals surface area contributed by atoms with E-state index >= 15 is 0 Å². The molecule has 0 heterocycles. The number of hydrogen-bond acceptors (Lipinski definition) is 1. The summed E-state index contributed by atoms with van der Waals surface area (Å²) in [4.78, 5) is 0. The molecule has 1 aliphatic carbocycles. The van der Waals surface area contributed by atoms with Gasteiger partial charge in [-0.3, -0.25) is 0 Å². The Morgan fingerprint density at radius 3 is 2.67 bits per heavy atom. The Labute approximate surface area is 132 Å². The van der Waals surface area contributed by atoms with Gasteiger partial charge in [-0.05, 0) is 66.1 Å². The highest BCUT2D eigenvalue weighted by Crippen LogP contribution is 2.35. The Balaban J connectivity index is 1.74. The van der Waals surface area contributed by atoms with Crippen molar-refractivity contribution in [1.82, 2.24) is 0 Å². The minimum absolute atomic E-state index is 0.409. The number of halogens is 1. The molecule has 0 radical (unpaired) electrons. The largest absolute Gasteiger partial charge is 0.378 e. The van der Waals surface area contributed by atoms with Crippen LogP contribution in [0.25, 0.3) is 0 Å². The highest BCUT2D eigenvalue weighted by molar-refractivity contribution is 6.30. The van der Waals surface area contributed by atoms with Crippen molar-refractivity contribution in [2.75, 3.05) is 5.32 Å². The van der Waals surface area contributed by atoms with E-state index in [1.54, 1.807) is 0 Å². The van der Waals surface area contributed by atoms with Crippen LogP contribution in [0.3, 0.4) is 0 Å². The smallest absolute Gasteiger partial charge is 0.0519 e. The molecule has 2 atom stereocenters. The monoisotopic (exact) mass is 299 g/mol. The van der Waals surface area contributed by atoms with E-state index in [0.717, 1.165) is 17.9 Å². The second-order valence-corrected chi connectivity index (χ2v) is 6.45. The summed E-state index contributed by atoms with van der Waals surface area (Å²) in [6.45, 7) is 4.51. The Morgan fingerprint density at radius 2 is 1.95 bits per heavy atom. The molecule has 2 heteroatoms. The molecule has 0 bridgehead atoms. The molecule has 21 heavy (non-hydrogen) atoms. The molecule has 2 aromatic carbocycles. The number of fused-ring (bicyclic) bond motifs is 1. The summed E-state index contributed by atoms with van der Waals surface area (Å²) in [5.41, 5.74) is 5.40. The van der Waals surface area contributed by atoms with Gasteiger partial charge in [0, 0.05) is 10.7 Å². The van der Waals surface area contributed by atoms with E-state index in [1.807, 2.05) is 6.07 Å². The van der Waals surface area contributed by atoms with Gasteiger partial charge < -0.3 is 5.32 Å². The lowest BCUT2D eigenvalue weighted by atomic mass is 9.98. The minimum Gasteiger partial charge on any atom is -0.378 e. The predicted octanol–water partition coefficient (Wildman–Crippen LogP) is 5.95. The fraction of sp³-hybridized carbons (Fsp3) is 0.368. The van der Waals surface area contributed by atoms with E-state index in [-0.39, 0.29) is 0 Å². The van der Waals surface area contributed by atoms with Gasteiger partial charge in [0.25, 0.3) is 0 Å². The Bertz CT molecular complexity index is 618. The van der Waals surface area contributed by atoms with Gasteiger partial charge in [-0.25, -0.2) is 0 Å². The maximum absolute atomic E-state index is 6.07. The number of nitrogens with one attached hydrogen (secondary N) is 1. The lowest BCUT2D eigenvalue weighted by molar-refractivity contribution is 0.732. The van der Waals surface area contributed by atoms with Crippen LogP contribution in [0.2, 0.25) is 5.02 Å². The molecule has 0 spiro atoms. The quantitative estimate of drug-likeness (QED) is 0.735. The molecule has 1 N–H and O–H groups in total. The summed E-state index contributed by atoms with van der Waals surface area (Å²) in [6, 6.07) is 15.6. The van der Waals surface area contributed by atoms with Crippen LogP contribution in [0.15, 0.2) is 42.5 Å². The lowest BCUT2D eigenvalue weighted by Crippen LogP contribution is -2.07. The molecule has 1 nitrogen and oxygen atoms in total. The van der Waals surface area contributed by atoms with Crippen LogP contribution in [0.1, 0.15) is 55.3 Å². The van der Waals surface area contributed by atoms with Gasteiger partial charge >= 0.3 is 0 Å². The average Bonchev–Trinajstić information content (AvgIpc) is 2.89. The fourth-order valence-electron chi connectivity index (χ4n) is 3.08. The second-order valence-electron chi connectivity index (χ2n) is 6.01. The molecule has 1 aliphatic rings. The highest BCUT2D eigenvalue weighted by atomic mass is 35.5. The van der Waals surface area contributed by atoms with Gasteiger partial charge in [-0.1, -0.05) is 43.6 Å². The standard InChI is InChI=1S/C19H22ClN/c1-3-13(2)14-4-8-17(9-5-14)21-19-11-6-15-12-16(20)7-10-18(15)19/h4-5,7-10,12-13,19,21H,3,6,11H2,1-2H3. The molecular weight excluding hydrogens is 278 g/mol. The zero-order chi connectivity index (χ0) is 14.8. The van der Waals surface area contributed by atoms with Crippen LogP contribution < -0.4 is 5.32 Å². The number of rotatable bonds is 4. The first-order valence-corrected chi connectivity index (χ1v) is 8.20. The highest BCUT2D eigenvalue weighted by Gasteiger charge is 2.22. The summed E-state index contributed by atoms with van der Waals surface area (Å²) >= 11 is 6.07. The molecular formula is C19H22ClN. The van der Waals surface area contributed by atoms with Crippen molar-refractivity contribution in [2.45, 2.75) is 45.1 Å². The van der Waals surface area contributed by atoms with Gasteiger partial charge in [0.15, 0.2) is 0 Å². The van der Waals surface area contributed by atoms with Gasteiger partial charge in [0.1, 0.15) is 0 Å². The first-order valence-electron chi connectivity index (χ1n) is 7.82. The van der Waals surface area contributed by atoms with Crippen molar-refractivity contribution in [1.29, 1.82) is 0 Å². The molecule has 2 unspecified atom stereocenters. The van der Waals surface area contributed by atoms with Crippen molar-refractivity contribution in [3.63, 3.8) is 0 Å². The number of anilines is 1. The van der Waals surface area contributed by atoms with E-state index in [4.69, 9.17) is 11.6 Å². The van der Waals surface area contributed by atoms with Crippen LogP contribution in [-0.4, -0.2) is 0 Å². The van der Waals surface area contributed by atoms with Crippen molar-refractivity contribution in [2.24, 2.45) is 0 Å². The van der Waals surface area contributed by atoms with Crippen molar-refractivity contribution < 1.29 is 0 Å². The predicted molar refractivity (Wildman–Crippen MR) is 91.3 cm³/mol. The zero-order valence-corrected chi connectivity index (χ0v) is 13.5. The summed E-state index contributed by atoms with van der Waals surface area (Å²) in [6.07, 6.45) is 3.44. The Morgan fingerprint density at radius 1 is 1.19 bits per heavy atom. The van der Waals surface area contributed by atoms with Crippen LogP contribution >= 0.6 is 11.6 Å². The Kier molecular flexibility index (Phi) is 4.21. The number of aryl methyl sites for hydroxylation is 1. The van der Waals surface area contributed by atoms with E-state index in [2.05, 4.69) is 55.6 Å². The van der Waals surface area contributed by atoms with Gasteiger partial charge in [0.2, 0.25) is 0 Å². The third-order valence-corrected chi connectivity index (χ3v) is 4.85. The fourth-order valence-corrected chi connectivity index (χ4v) is 3.28. The summed E-state index contributed by atoms with van der Waals surface area (Å²) < 4.78 is 0. The number of hydrogen-bond donors (Lipinski definition) is 1. The maximum atomic E-state index is 6.07. The molecule has 0 aromatic heterocycles. The molecule has 110 valence electrons. The van der Waals surface area contributed by atoms with Gasteiger partial charge in [-0.15, -0.1) is 0 Å². The summed E-state index contributed by atoms with van der Waals surface area (Å²) in [7, 11) is 0. The molecule has 0 aliphatic heterocycles. The normalized spacial score (nSPS) is 18.3. The van der Waals surface area contributed by atoms with Crippen molar-refractivity contribution >= 4 is 17.3 Å². The third kappa shape index (κ3) is 3.08. The van der Waals surface area contributed by atoms with E-state index in [1.165, 1.54) is 28.8 Å². The molecule has 0 fully saturated rings. The van der Waals surface area contributed by atoms with Crippen molar-refractivity contribution in [3.8, 4) is 0 Å². The second kappa shape index (κ2) is 6.11. The summed E-state index contributed by atoms with van der Waals surface area (Å²) in [5.74, 6) is 0.633. The van der Waals surface area contributed by atoms with Gasteiger partial charge in [0.05, 0.1) is 6.04 Å². The molecule has 3 rings (SSSR count). The van der Waals surface area contributed by atoms with E-state index < -0.39 is 0 Å². The van der Waals surface area contributed by atoms with Crippen LogP contribution in [-0.2, 0) is 6.42 Å². The minimum atomic E-state index is 0.409. The summed E-state index contributed by atoms with van der Waals surface area (Å²) in [5, 5.41) is 4.50. The van der Waals surface area contributed by atoms with Crippen molar-refractivity contribution in [3.05, 3.63) is 64.2 Å². The first kappa shape index (κ1) is 14.5. The number of benzene rings is 2. The van der Waals surface area contributed by atoms with Crippen LogP contribution in [0.5, 0.6) is 0 Å². The lowest BCUT2D eigenvalue weighted by Gasteiger charge is -2.17. The maximum Gasteiger partial charge on any atom is 0.0519 e. The molecule has 0 amide bonds. The third-order valence-electron chi connectivity index (χ3n) is 4.62. The SMILES string of the molecule is CCC(C)c1ccc(NC2CCc3cc(Cl)ccc32)cc1. The average molecular weight is 300 g/mol. The Hall–Kier alpha value is -1.47. The molecule has 0 saturated carbocycles. The van der Waals surface area contributed by atoms with Gasteiger partial charge in [-0.2, -0.15) is 0 Å². The zero-order valence-electron chi connectivity index (χ0n) is 12.7. The van der Waals surface area contributed by atoms with E-state index in [0.29, 0.717) is 12.0 Å². The van der Waals surface area contributed by atoms with Crippen LogP contribution in [0, 0.1) is 0 Å². The topological polar surface area (TPSA) is 12.0 Å².